The molecule has 0 atom stereocenters. The fourth-order valence-electron chi connectivity index (χ4n) is 1.47. The maximum atomic E-state index is 12.4. The van der Waals surface area contributed by atoms with E-state index in [0.29, 0.717) is 17.7 Å². The van der Waals surface area contributed by atoms with Gasteiger partial charge in [-0.2, -0.15) is 5.26 Å². The van der Waals surface area contributed by atoms with Gasteiger partial charge >= 0.3 is 0 Å². The van der Waals surface area contributed by atoms with E-state index in [9.17, 15) is 8.42 Å². The van der Waals surface area contributed by atoms with Gasteiger partial charge in [-0.05, 0) is 52.6 Å². The fourth-order valence-corrected chi connectivity index (χ4v) is 2.94. The van der Waals surface area contributed by atoms with Crippen LogP contribution in [0, 0.1) is 18.3 Å². The van der Waals surface area contributed by atoms with Gasteiger partial charge in [0.2, 0.25) is 10.0 Å². The van der Waals surface area contributed by atoms with E-state index in [1.165, 1.54) is 6.07 Å². The predicted molar refractivity (Wildman–Crippen MR) is 78.8 cm³/mol. The van der Waals surface area contributed by atoms with Gasteiger partial charge in [-0.15, -0.1) is 0 Å². The van der Waals surface area contributed by atoms with Crippen molar-refractivity contribution in [1.29, 1.82) is 5.26 Å². The van der Waals surface area contributed by atoms with Gasteiger partial charge in [-0.25, -0.2) is 13.1 Å². The molecule has 0 aliphatic carbocycles. The second-order valence-electron chi connectivity index (χ2n) is 5.62. The highest BCUT2D eigenvalue weighted by Crippen LogP contribution is 2.18. The number of benzene rings is 1. The second-order valence-corrected chi connectivity index (χ2v) is 7.36. The molecule has 110 valence electrons. The summed E-state index contributed by atoms with van der Waals surface area (Å²) >= 11 is 0. The molecule has 1 N–H and O–H groups in total. The maximum absolute atomic E-state index is 12.4. The molecule has 20 heavy (non-hydrogen) atoms. The van der Waals surface area contributed by atoms with Crippen molar-refractivity contribution in [3.63, 3.8) is 0 Å². The molecular weight excluding hydrogens is 274 g/mol. The minimum absolute atomic E-state index is 0.158. The summed E-state index contributed by atoms with van der Waals surface area (Å²) in [5.74, 6) is 0. The highest BCUT2D eigenvalue weighted by molar-refractivity contribution is 7.89. The number of rotatable bonds is 5. The molecule has 1 aromatic carbocycles. The zero-order chi connectivity index (χ0) is 15.6. The Morgan fingerprint density at radius 2 is 1.95 bits per heavy atom. The van der Waals surface area contributed by atoms with Crippen LogP contribution in [0.1, 0.15) is 25.0 Å². The molecule has 0 amide bonds. The monoisotopic (exact) mass is 295 g/mol. The minimum Gasteiger partial charge on any atom is -0.303 e. The van der Waals surface area contributed by atoms with Crippen molar-refractivity contribution in [2.75, 3.05) is 20.6 Å². The summed E-state index contributed by atoms with van der Waals surface area (Å²) in [6, 6.07) is 6.61. The summed E-state index contributed by atoms with van der Waals surface area (Å²) in [5, 5.41) is 8.88. The summed E-state index contributed by atoms with van der Waals surface area (Å²) < 4.78 is 27.3. The van der Waals surface area contributed by atoms with Gasteiger partial charge in [-0.3, -0.25) is 0 Å². The van der Waals surface area contributed by atoms with Crippen LogP contribution in [0.15, 0.2) is 23.1 Å². The predicted octanol–water partition coefficient (Wildman–Crippen LogP) is 1.49. The summed E-state index contributed by atoms with van der Waals surface area (Å²) in [5.41, 5.74) is 0.662. The first-order chi connectivity index (χ1) is 9.10. The topological polar surface area (TPSA) is 73.2 Å². The first-order valence-corrected chi connectivity index (χ1v) is 7.76. The van der Waals surface area contributed by atoms with E-state index < -0.39 is 10.0 Å². The molecule has 0 saturated heterocycles. The van der Waals surface area contributed by atoms with Crippen LogP contribution in [0.4, 0.5) is 0 Å². The highest BCUT2D eigenvalue weighted by atomic mass is 32.2. The molecule has 0 heterocycles. The van der Waals surface area contributed by atoms with E-state index >= 15 is 0 Å². The zero-order valence-corrected chi connectivity index (χ0v) is 13.4. The van der Waals surface area contributed by atoms with E-state index in [0.717, 1.165) is 0 Å². The highest BCUT2D eigenvalue weighted by Gasteiger charge is 2.25. The number of nitrogens with zero attached hydrogens (tertiary/aromatic N) is 2. The van der Waals surface area contributed by atoms with Gasteiger partial charge in [0.15, 0.2) is 0 Å². The fraction of sp³-hybridized carbons (Fsp3) is 0.500. The van der Waals surface area contributed by atoms with Gasteiger partial charge in [0.25, 0.3) is 0 Å². The number of likely N-dealkylation sites (N-methyl/N-ethyl adjacent to an activating group) is 1. The van der Waals surface area contributed by atoms with Crippen LogP contribution in [-0.4, -0.2) is 39.5 Å². The van der Waals surface area contributed by atoms with Gasteiger partial charge in [0.05, 0.1) is 16.5 Å². The average molecular weight is 295 g/mol. The van der Waals surface area contributed by atoms with Crippen molar-refractivity contribution < 1.29 is 8.42 Å². The summed E-state index contributed by atoms with van der Waals surface area (Å²) in [6.45, 7) is 5.91. The lowest BCUT2D eigenvalue weighted by molar-refractivity contribution is 0.199. The number of hydrogen-bond acceptors (Lipinski definition) is 4. The Labute approximate surface area is 121 Å². The number of hydrogen-bond donors (Lipinski definition) is 1. The molecule has 0 radical (unpaired) electrons. The van der Waals surface area contributed by atoms with E-state index in [2.05, 4.69) is 4.72 Å². The lowest BCUT2D eigenvalue weighted by Crippen LogP contribution is -2.48. The van der Waals surface area contributed by atoms with E-state index in [-0.39, 0.29) is 10.4 Å². The smallest absolute Gasteiger partial charge is 0.240 e. The van der Waals surface area contributed by atoms with Crippen LogP contribution >= 0.6 is 0 Å². The molecule has 6 heteroatoms. The van der Waals surface area contributed by atoms with Gasteiger partial charge < -0.3 is 4.90 Å². The van der Waals surface area contributed by atoms with Crippen molar-refractivity contribution in [3.05, 3.63) is 29.3 Å². The molecule has 5 nitrogen and oxygen atoms in total. The van der Waals surface area contributed by atoms with E-state index in [1.807, 2.05) is 38.9 Å². The normalized spacial score (nSPS) is 12.4. The Balaban J connectivity index is 3.04. The third-order valence-corrected chi connectivity index (χ3v) is 5.06. The molecule has 1 aromatic rings. The number of aryl methyl sites for hydroxylation is 1. The SMILES string of the molecule is Cc1ccc(C#N)cc1S(=O)(=O)NCC(C)(C)N(C)C. The van der Waals surface area contributed by atoms with Crippen LogP contribution in [0.25, 0.3) is 0 Å². The van der Waals surface area contributed by atoms with Crippen molar-refractivity contribution in [3.8, 4) is 6.07 Å². The average Bonchev–Trinajstić information content (AvgIpc) is 2.37. The molecular formula is C14H21N3O2S. The van der Waals surface area contributed by atoms with Crippen LogP contribution < -0.4 is 4.72 Å². The summed E-state index contributed by atoms with van der Waals surface area (Å²) in [4.78, 5) is 2.11. The largest absolute Gasteiger partial charge is 0.303 e. The lowest BCUT2D eigenvalue weighted by atomic mass is 10.1. The Bertz CT molecular complexity index is 628. The molecule has 0 bridgehead atoms. The molecule has 0 aliphatic rings. The zero-order valence-electron chi connectivity index (χ0n) is 12.6. The van der Waals surface area contributed by atoms with E-state index in [4.69, 9.17) is 5.26 Å². The first kappa shape index (κ1) is 16.6. The van der Waals surface area contributed by atoms with Gasteiger partial charge in [0.1, 0.15) is 0 Å². The summed E-state index contributed by atoms with van der Waals surface area (Å²) in [6.07, 6.45) is 0. The number of nitrogens with one attached hydrogen (secondary N) is 1. The maximum Gasteiger partial charge on any atom is 0.240 e. The summed E-state index contributed by atoms with van der Waals surface area (Å²) in [7, 11) is 0.179. The lowest BCUT2D eigenvalue weighted by Gasteiger charge is -2.32. The van der Waals surface area contributed by atoms with Gasteiger partial charge in [0, 0.05) is 12.1 Å². The van der Waals surface area contributed by atoms with Crippen LogP contribution in [0.3, 0.4) is 0 Å². The Morgan fingerprint density at radius 1 is 1.35 bits per heavy atom. The molecule has 1 rings (SSSR count). The van der Waals surface area contributed by atoms with Crippen LogP contribution in [0.2, 0.25) is 0 Å². The molecule has 0 spiro atoms. The minimum atomic E-state index is -3.62. The Morgan fingerprint density at radius 3 is 2.45 bits per heavy atom. The third-order valence-electron chi connectivity index (χ3n) is 3.51. The number of nitriles is 1. The molecule has 0 fully saturated rings. The molecule has 0 unspecified atom stereocenters. The first-order valence-electron chi connectivity index (χ1n) is 6.28. The number of sulfonamides is 1. The van der Waals surface area contributed by atoms with Crippen molar-refractivity contribution in [2.24, 2.45) is 0 Å². The van der Waals surface area contributed by atoms with Gasteiger partial charge in [-0.1, -0.05) is 6.07 Å². The van der Waals surface area contributed by atoms with Crippen LogP contribution in [0.5, 0.6) is 0 Å². The molecule has 0 aromatic heterocycles. The van der Waals surface area contributed by atoms with E-state index in [1.54, 1.807) is 19.1 Å². The van der Waals surface area contributed by atoms with Crippen LogP contribution in [-0.2, 0) is 10.0 Å². The van der Waals surface area contributed by atoms with Crippen molar-refractivity contribution in [1.82, 2.24) is 9.62 Å². The standard InChI is InChI=1S/C14H21N3O2S/c1-11-6-7-12(9-15)8-13(11)20(18,19)16-10-14(2,3)17(4)5/h6-8,16H,10H2,1-5H3. The molecule has 0 saturated carbocycles. The Hall–Kier alpha value is -1.42. The Kier molecular flexibility index (Phi) is 4.92. The molecule has 0 aliphatic heterocycles. The second kappa shape index (κ2) is 5.92. The third kappa shape index (κ3) is 3.79. The quantitative estimate of drug-likeness (QED) is 0.893. The van der Waals surface area contributed by atoms with Crippen molar-refractivity contribution in [2.45, 2.75) is 31.2 Å². The van der Waals surface area contributed by atoms with Crippen molar-refractivity contribution >= 4 is 10.0 Å².